The first-order valence-electron chi connectivity index (χ1n) is 6.27. The van der Waals surface area contributed by atoms with Crippen LogP contribution >= 0.6 is 31.9 Å². The lowest BCUT2D eigenvalue weighted by atomic mass is 9.83. The number of carbonyl (C=O) groups excluding carboxylic acids is 1. The fraction of sp³-hybridized carbons (Fsp3) is 0.500. The summed E-state index contributed by atoms with van der Waals surface area (Å²) in [5.74, 6) is 0.0152. The van der Waals surface area contributed by atoms with Crippen molar-refractivity contribution in [3.05, 3.63) is 32.7 Å². The van der Waals surface area contributed by atoms with Gasteiger partial charge >= 0.3 is 0 Å². The second kappa shape index (κ2) is 5.74. The Morgan fingerprint density at radius 3 is 2.22 bits per heavy atom. The van der Waals surface area contributed by atoms with Crippen LogP contribution in [0.5, 0.6) is 0 Å². The molecule has 0 aliphatic heterocycles. The number of hydrogen-bond donors (Lipinski definition) is 1. The van der Waals surface area contributed by atoms with Crippen LogP contribution in [0.1, 0.15) is 49.4 Å². The lowest BCUT2D eigenvalue weighted by molar-refractivity contribution is 0.0882. The van der Waals surface area contributed by atoms with E-state index in [2.05, 4.69) is 44.1 Å². The van der Waals surface area contributed by atoms with Crippen LogP contribution in [-0.4, -0.2) is 11.4 Å². The molecular formula is C14H17Br2NO. The second-order valence-corrected chi connectivity index (χ2v) is 7.06. The molecule has 0 bridgehead atoms. The van der Waals surface area contributed by atoms with E-state index in [9.17, 15) is 4.79 Å². The zero-order valence-electron chi connectivity index (χ0n) is 10.4. The molecule has 1 fully saturated rings. The van der Waals surface area contributed by atoms with Crippen molar-refractivity contribution in [2.75, 3.05) is 0 Å². The van der Waals surface area contributed by atoms with E-state index in [0.29, 0.717) is 5.56 Å². The van der Waals surface area contributed by atoms with Gasteiger partial charge in [-0.25, -0.2) is 0 Å². The molecule has 0 unspecified atom stereocenters. The number of rotatable bonds is 2. The van der Waals surface area contributed by atoms with Gasteiger partial charge in [-0.2, -0.15) is 0 Å². The average Bonchev–Trinajstić information content (AvgIpc) is 2.28. The van der Waals surface area contributed by atoms with Crippen LogP contribution in [0.3, 0.4) is 0 Å². The van der Waals surface area contributed by atoms with Gasteiger partial charge in [-0.15, -0.1) is 0 Å². The van der Waals surface area contributed by atoms with Crippen molar-refractivity contribution in [2.24, 2.45) is 0 Å². The Balaban J connectivity index is 2.11. The number of amides is 1. The average molecular weight is 375 g/mol. The van der Waals surface area contributed by atoms with Gasteiger partial charge in [0.1, 0.15) is 0 Å². The summed E-state index contributed by atoms with van der Waals surface area (Å²) in [5, 5.41) is 3.19. The third-order valence-electron chi connectivity index (χ3n) is 3.50. The normalized spacial score (nSPS) is 18.4. The predicted octanol–water partition coefficient (Wildman–Crippen LogP) is 4.66. The van der Waals surface area contributed by atoms with Crippen molar-refractivity contribution in [1.82, 2.24) is 5.32 Å². The van der Waals surface area contributed by atoms with Gasteiger partial charge in [-0.3, -0.25) is 4.79 Å². The van der Waals surface area contributed by atoms with E-state index in [0.717, 1.165) is 21.8 Å². The summed E-state index contributed by atoms with van der Waals surface area (Å²) in [7, 11) is 0. The van der Waals surface area contributed by atoms with Gasteiger partial charge in [0.15, 0.2) is 0 Å². The summed E-state index contributed by atoms with van der Waals surface area (Å²) in [6.07, 6.45) is 5.85. The zero-order valence-corrected chi connectivity index (χ0v) is 13.6. The molecule has 0 spiro atoms. The third kappa shape index (κ3) is 3.58. The maximum atomic E-state index is 12.3. The van der Waals surface area contributed by atoms with Crippen molar-refractivity contribution in [2.45, 2.75) is 44.6 Å². The highest BCUT2D eigenvalue weighted by Gasteiger charge is 2.28. The first-order chi connectivity index (χ1) is 8.48. The number of benzene rings is 1. The summed E-state index contributed by atoms with van der Waals surface area (Å²) < 4.78 is 1.83. The Hall–Kier alpha value is -0.350. The highest BCUT2D eigenvalue weighted by molar-refractivity contribution is 9.11. The Bertz CT molecular complexity index is 433. The molecule has 0 aromatic heterocycles. The van der Waals surface area contributed by atoms with E-state index in [-0.39, 0.29) is 11.4 Å². The molecule has 0 radical (unpaired) electrons. The molecule has 1 aliphatic carbocycles. The highest BCUT2D eigenvalue weighted by atomic mass is 79.9. The van der Waals surface area contributed by atoms with Crippen LogP contribution in [-0.2, 0) is 0 Å². The third-order valence-corrected chi connectivity index (χ3v) is 4.41. The van der Waals surface area contributed by atoms with E-state index >= 15 is 0 Å². The van der Waals surface area contributed by atoms with Crippen LogP contribution in [0.15, 0.2) is 27.1 Å². The Morgan fingerprint density at radius 1 is 1.11 bits per heavy atom. The molecule has 1 N–H and O–H groups in total. The van der Waals surface area contributed by atoms with Gasteiger partial charge in [0.2, 0.25) is 0 Å². The molecule has 1 aromatic rings. The van der Waals surface area contributed by atoms with Crippen LogP contribution in [0.2, 0.25) is 0 Å². The van der Waals surface area contributed by atoms with Crippen LogP contribution in [0.4, 0.5) is 0 Å². The zero-order chi connectivity index (χ0) is 13.2. The van der Waals surface area contributed by atoms with Gasteiger partial charge in [0, 0.05) is 20.0 Å². The van der Waals surface area contributed by atoms with Gasteiger partial charge in [-0.1, -0.05) is 51.1 Å². The standard InChI is InChI=1S/C14H17Br2NO/c1-14(5-3-2-4-6-14)17-13(18)10-7-11(15)9-12(16)8-10/h7-9H,2-6H2,1H3,(H,17,18). The van der Waals surface area contributed by atoms with Gasteiger partial charge < -0.3 is 5.32 Å². The van der Waals surface area contributed by atoms with E-state index in [1.54, 1.807) is 0 Å². The van der Waals surface area contributed by atoms with E-state index in [1.807, 2.05) is 18.2 Å². The molecule has 0 atom stereocenters. The van der Waals surface area contributed by atoms with Crippen LogP contribution in [0, 0.1) is 0 Å². The molecular weight excluding hydrogens is 358 g/mol. The fourth-order valence-corrected chi connectivity index (χ4v) is 3.78. The molecule has 0 saturated heterocycles. The Morgan fingerprint density at radius 2 is 1.67 bits per heavy atom. The molecule has 0 heterocycles. The minimum atomic E-state index is -0.0376. The summed E-state index contributed by atoms with van der Waals surface area (Å²) >= 11 is 6.82. The molecule has 1 saturated carbocycles. The van der Waals surface area contributed by atoms with E-state index in [4.69, 9.17) is 0 Å². The van der Waals surface area contributed by atoms with Crippen LogP contribution in [0.25, 0.3) is 0 Å². The highest BCUT2D eigenvalue weighted by Crippen LogP contribution is 2.28. The van der Waals surface area contributed by atoms with Crippen molar-refractivity contribution in [3.63, 3.8) is 0 Å². The predicted molar refractivity (Wildman–Crippen MR) is 80.8 cm³/mol. The lowest BCUT2D eigenvalue weighted by Gasteiger charge is -2.34. The van der Waals surface area contributed by atoms with Crippen molar-refractivity contribution < 1.29 is 4.79 Å². The Kier molecular flexibility index (Phi) is 4.49. The van der Waals surface area contributed by atoms with Gasteiger partial charge in [-0.05, 0) is 38.0 Å². The maximum Gasteiger partial charge on any atom is 0.251 e. The topological polar surface area (TPSA) is 29.1 Å². The Labute approximate surface area is 125 Å². The molecule has 18 heavy (non-hydrogen) atoms. The van der Waals surface area contributed by atoms with Crippen LogP contribution < -0.4 is 5.32 Å². The summed E-state index contributed by atoms with van der Waals surface area (Å²) in [6, 6.07) is 5.64. The van der Waals surface area contributed by atoms with Gasteiger partial charge in [0.25, 0.3) is 5.91 Å². The first-order valence-corrected chi connectivity index (χ1v) is 7.86. The molecule has 2 rings (SSSR count). The molecule has 1 aromatic carbocycles. The monoisotopic (exact) mass is 373 g/mol. The first kappa shape index (κ1) is 14.1. The number of hydrogen-bond acceptors (Lipinski definition) is 1. The minimum absolute atomic E-state index is 0.0152. The molecule has 1 aliphatic rings. The minimum Gasteiger partial charge on any atom is -0.347 e. The quantitative estimate of drug-likeness (QED) is 0.800. The number of nitrogens with one attached hydrogen (secondary N) is 1. The largest absolute Gasteiger partial charge is 0.347 e. The van der Waals surface area contributed by atoms with Crippen molar-refractivity contribution in [1.29, 1.82) is 0 Å². The second-order valence-electron chi connectivity index (χ2n) is 5.23. The summed E-state index contributed by atoms with van der Waals surface area (Å²) in [5.41, 5.74) is 0.660. The SMILES string of the molecule is CC1(NC(=O)c2cc(Br)cc(Br)c2)CCCCC1. The van der Waals surface area contributed by atoms with Crippen molar-refractivity contribution in [3.8, 4) is 0 Å². The molecule has 1 amide bonds. The lowest BCUT2D eigenvalue weighted by Crippen LogP contribution is -2.47. The fourth-order valence-electron chi connectivity index (χ4n) is 2.49. The number of halogens is 2. The summed E-state index contributed by atoms with van der Waals surface area (Å²) in [6.45, 7) is 2.15. The van der Waals surface area contributed by atoms with E-state index in [1.165, 1.54) is 19.3 Å². The molecule has 4 heteroatoms. The summed E-state index contributed by atoms with van der Waals surface area (Å²) in [4.78, 5) is 12.3. The van der Waals surface area contributed by atoms with Crippen molar-refractivity contribution >= 4 is 37.8 Å². The smallest absolute Gasteiger partial charge is 0.251 e. The van der Waals surface area contributed by atoms with E-state index < -0.39 is 0 Å². The van der Waals surface area contributed by atoms with Gasteiger partial charge in [0.05, 0.1) is 0 Å². The maximum absolute atomic E-state index is 12.3. The molecule has 98 valence electrons. The molecule has 2 nitrogen and oxygen atoms in total. The number of carbonyl (C=O) groups is 1.